The number of unbranched alkanes of at least 4 members (excludes halogenated alkanes) is 14. The minimum atomic E-state index is -0.642. The fourth-order valence-corrected chi connectivity index (χ4v) is 3.63. The normalized spacial score (nSPS) is 11.8. The average Bonchev–Trinajstić information content (AvgIpc) is 2.79. The van der Waals surface area contributed by atoms with E-state index in [0.717, 1.165) is 25.7 Å². The van der Waals surface area contributed by atoms with E-state index in [4.69, 9.17) is 14.2 Å². The van der Waals surface area contributed by atoms with Crippen LogP contribution in [0.15, 0.2) is 0 Å². The van der Waals surface area contributed by atoms with Crippen LogP contribution in [0.5, 0.6) is 0 Å². The van der Waals surface area contributed by atoms with Crippen molar-refractivity contribution in [1.29, 1.82) is 0 Å². The van der Waals surface area contributed by atoms with Gasteiger partial charge in [0.25, 0.3) is 0 Å². The van der Waals surface area contributed by atoms with E-state index in [9.17, 15) is 9.59 Å². The fraction of sp³-hybridized carbons (Fsp3) is 0.923. The summed E-state index contributed by atoms with van der Waals surface area (Å²) in [6.45, 7) is 5.22. The van der Waals surface area contributed by atoms with Crippen LogP contribution < -0.4 is 5.32 Å². The molecule has 190 valence electrons. The van der Waals surface area contributed by atoms with Gasteiger partial charge in [0.05, 0.1) is 13.2 Å². The lowest BCUT2D eigenvalue weighted by Crippen LogP contribution is -2.42. The van der Waals surface area contributed by atoms with Gasteiger partial charge in [-0.05, 0) is 12.8 Å². The molecular weight excluding hydrogens is 406 g/mol. The van der Waals surface area contributed by atoms with Gasteiger partial charge in [0.1, 0.15) is 12.6 Å². The topological polar surface area (TPSA) is 73.9 Å². The number of hydrogen-bond acceptors (Lipinski definition) is 5. The van der Waals surface area contributed by atoms with Gasteiger partial charge >= 0.3 is 12.1 Å². The summed E-state index contributed by atoms with van der Waals surface area (Å²) < 4.78 is 15.2. The van der Waals surface area contributed by atoms with Gasteiger partial charge in [-0.1, -0.05) is 110 Å². The maximum absolute atomic E-state index is 12.3. The number of ether oxygens (including phenoxy) is 3. The molecule has 0 aromatic rings. The number of rotatable bonds is 23. The summed E-state index contributed by atoms with van der Waals surface area (Å²) in [5, 5.41) is 2.62. The number of amides is 1. The molecule has 0 rings (SSSR count). The maximum atomic E-state index is 12.3. The van der Waals surface area contributed by atoms with E-state index in [1.165, 1.54) is 77.0 Å². The lowest BCUT2D eigenvalue weighted by molar-refractivity contribution is -0.146. The summed E-state index contributed by atoms with van der Waals surface area (Å²) >= 11 is 0. The zero-order valence-electron chi connectivity index (χ0n) is 21.3. The van der Waals surface area contributed by atoms with Crippen LogP contribution >= 0.6 is 0 Å². The molecule has 0 heterocycles. The van der Waals surface area contributed by atoms with E-state index in [1.54, 1.807) is 7.11 Å². The lowest BCUT2D eigenvalue weighted by Gasteiger charge is -2.17. The molecule has 0 aliphatic rings. The van der Waals surface area contributed by atoms with Crippen LogP contribution in [0.2, 0.25) is 0 Å². The van der Waals surface area contributed by atoms with Crippen molar-refractivity contribution < 1.29 is 23.8 Å². The van der Waals surface area contributed by atoms with Crippen molar-refractivity contribution in [3.63, 3.8) is 0 Å². The SMILES string of the molecule is CCCCCCCCCCCCCCCCOC(=O)C(CCCC)NC(=O)OCCOC. The second kappa shape index (κ2) is 24.3. The Bertz CT molecular complexity index is 430. The Morgan fingerprint density at radius 1 is 0.625 bits per heavy atom. The molecule has 0 aliphatic carbocycles. The molecule has 1 unspecified atom stereocenters. The number of alkyl carbamates (subject to hydrolysis) is 1. The van der Waals surface area contributed by atoms with Crippen LogP contribution in [-0.4, -0.2) is 45.0 Å². The monoisotopic (exact) mass is 457 g/mol. The highest BCUT2D eigenvalue weighted by molar-refractivity contribution is 5.81. The minimum absolute atomic E-state index is 0.164. The fourth-order valence-electron chi connectivity index (χ4n) is 3.63. The minimum Gasteiger partial charge on any atom is -0.464 e. The Labute approximate surface area is 197 Å². The summed E-state index contributed by atoms with van der Waals surface area (Å²) in [5.41, 5.74) is 0. The van der Waals surface area contributed by atoms with Gasteiger partial charge in [0.15, 0.2) is 0 Å². The Kier molecular flexibility index (Phi) is 23.4. The zero-order chi connectivity index (χ0) is 23.7. The van der Waals surface area contributed by atoms with Crippen LogP contribution in [0.25, 0.3) is 0 Å². The Morgan fingerprint density at radius 3 is 1.62 bits per heavy atom. The molecule has 0 spiro atoms. The molecule has 0 aromatic heterocycles. The van der Waals surface area contributed by atoms with Gasteiger partial charge in [-0.3, -0.25) is 0 Å². The van der Waals surface area contributed by atoms with Crippen molar-refractivity contribution in [2.75, 3.05) is 26.9 Å². The van der Waals surface area contributed by atoms with E-state index < -0.39 is 12.1 Å². The predicted octanol–water partition coefficient (Wildman–Crippen LogP) is 6.94. The average molecular weight is 458 g/mol. The van der Waals surface area contributed by atoms with Crippen molar-refractivity contribution >= 4 is 12.1 Å². The highest BCUT2D eigenvalue weighted by Gasteiger charge is 2.22. The highest BCUT2D eigenvalue weighted by atomic mass is 16.6. The number of nitrogens with one attached hydrogen (secondary N) is 1. The number of hydrogen-bond donors (Lipinski definition) is 1. The summed E-state index contributed by atoms with van der Waals surface area (Å²) in [7, 11) is 1.54. The van der Waals surface area contributed by atoms with Gasteiger partial charge in [-0.25, -0.2) is 9.59 Å². The number of esters is 1. The van der Waals surface area contributed by atoms with Crippen LogP contribution in [0.1, 0.15) is 123 Å². The molecule has 1 N–H and O–H groups in total. The van der Waals surface area contributed by atoms with Gasteiger partial charge in [-0.2, -0.15) is 0 Å². The first kappa shape index (κ1) is 30.7. The molecule has 0 saturated carbocycles. The van der Waals surface area contributed by atoms with E-state index in [-0.39, 0.29) is 12.6 Å². The highest BCUT2D eigenvalue weighted by Crippen LogP contribution is 2.13. The molecule has 1 amide bonds. The van der Waals surface area contributed by atoms with Gasteiger partial charge < -0.3 is 19.5 Å². The Hall–Kier alpha value is -1.30. The molecule has 0 saturated heterocycles. The van der Waals surface area contributed by atoms with E-state index in [2.05, 4.69) is 12.2 Å². The number of carbonyl (C=O) groups excluding carboxylic acids is 2. The summed E-state index contributed by atoms with van der Waals surface area (Å²) in [4.78, 5) is 24.1. The molecule has 6 heteroatoms. The van der Waals surface area contributed by atoms with Crippen molar-refractivity contribution in [2.45, 2.75) is 129 Å². The smallest absolute Gasteiger partial charge is 0.407 e. The van der Waals surface area contributed by atoms with E-state index in [0.29, 0.717) is 19.6 Å². The van der Waals surface area contributed by atoms with E-state index >= 15 is 0 Å². The van der Waals surface area contributed by atoms with Crippen molar-refractivity contribution in [3.05, 3.63) is 0 Å². The molecule has 0 aromatic carbocycles. The molecule has 6 nitrogen and oxygen atoms in total. The second-order valence-electron chi connectivity index (χ2n) is 8.73. The standard InChI is InChI=1S/C26H51NO5/c1-4-6-8-9-10-11-12-13-14-15-16-17-18-19-21-31-25(28)24(20-7-5-2)27-26(29)32-23-22-30-3/h24H,4-23H2,1-3H3,(H,27,29). The van der Waals surface area contributed by atoms with Crippen LogP contribution in [-0.2, 0) is 19.0 Å². The van der Waals surface area contributed by atoms with Crippen LogP contribution in [0.3, 0.4) is 0 Å². The quantitative estimate of drug-likeness (QED) is 0.133. The first-order valence-electron chi connectivity index (χ1n) is 13.2. The molecule has 32 heavy (non-hydrogen) atoms. The lowest BCUT2D eigenvalue weighted by atomic mass is 10.0. The first-order valence-corrected chi connectivity index (χ1v) is 13.2. The molecule has 0 fully saturated rings. The van der Waals surface area contributed by atoms with Crippen LogP contribution in [0, 0.1) is 0 Å². The third-order valence-corrected chi connectivity index (χ3v) is 5.69. The van der Waals surface area contributed by atoms with Gasteiger partial charge in [0, 0.05) is 7.11 Å². The third-order valence-electron chi connectivity index (χ3n) is 5.69. The molecule has 0 radical (unpaired) electrons. The van der Waals surface area contributed by atoms with Crippen molar-refractivity contribution in [2.24, 2.45) is 0 Å². The Balaban J connectivity index is 3.68. The molecule has 0 aliphatic heterocycles. The van der Waals surface area contributed by atoms with E-state index in [1.807, 2.05) is 6.92 Å². The number of methoxy groups -OCH3 is 1. The van der Waals surface area contributed by atoms with Gasteiger partial charge in [-0.15, -0.1) is 0 Å². The predicted molar refractivity (Wildman–Crippen MR) is 131 cm³/mol. The Morgan fingerprint density at radius 2 is 1.12 bits per heavy atom. The zero-order valence-corrected chi connectivity index (χ0v) is 21.3. The van der Waals surface area contributed by atoms with Crippen molar-refractivity contribution in [3.8, 4) is 0 Å². The molecule has 1 atom stereocenters. The molecular formula is C26H51NO5. The second-order valence-corrected chi connectivity index (χ2v) is 8.73. The summed E-state index contributed by atoms with van der Waals surface area (Å²) in [6.07, 6.45) is 19.9. The van der Waals surface area contributed by atoms with Crippen molar-refractivity contribution in [1.82, 2.24) is 5.32 Å². The van der Waals surface area contributed by atoms with Gasteiger partial charge in [0.2, 0.25) is 0 Å². The molecule has 0 bridgehead atoms. The largest absolute Gasteiger partial charge is 0.464 e. The van der Waals surface area contributed by atoms with Crippen LogP contribution in [0.4, 0.5) is 4.79 Å². The first-order chi connectivity index (χ1) is 15.7. The maximum Gasteiger partial charge on any atom is 0.407 e. The summed E-state index contributed by atoms with van der Waals surface area (Å²) in [6, 6.07) is -0.642. The third kappa shape index (κ3) is 20.6. The summed E-state index contributed by atoms with van der Waals surface area (Å²) in [5.74, 6) is -0.364. The number of carbonyl (C=O) groups is 2.